The molecule has 0 aliphatic rings. The molecule has 4 aromatic rings. The van der Waals surface area contributed by atoms with E-state index in [0.29, 0.717) is 46.4 Å². The van der Waals surface area contributed by atoms with Crippen molar-refractivity contribution in [3.63, 3.8) is 0 Å². The van der Waals surface area contributed by atoms with Crippen molar-refractivity contribution in [2.24, 2.45) is 0 Å². The topological polar surface area (TPSA) is 105 Å². The number of aromatic nitrogens is 2. The number of hydrogen-bond acceptors (Lipinski definition) is 6. The molecule has 2 aromatic heterocycles. The predicted molar refractivity (Wildman–Crippen MR) is 179 cm³/mol. The van der Waals surface area contributed by atoms with Gasteiger partial charge in [-0.1, -0.05) is 35.3 Å². The largest absolute Gasteiger partial charge is 0.485 e. The van der Waals surface area contributed by atoms with Crippen LogP contribution >= 0.6 is 39.1 Å². The first kappa shape index (κ1) is 34.0. The molecule has 45 heavy (non-hydrogen) atoms. The molecule has 2 heterocycles. The van der Waals surface area contributed by atoms with Crippen molar-refractivity contribution in [1.29, 1.82) is 0 Å². The summed E-state index contributed by atoms with van der Waals surface area (Å²) in [7, 11) is 4.85. The number of imidazole rings is 1. The molecule has 2 aromatic carbocycles. The second-order valence-electron chi connectivity index (χ2n) is 10.0. The number of rotatable bonds is 12. The minimum atomic E-state index is -0.456. The maximum absolute atomic E-state index is 13.0. The quantitative estimate of drug-likeness (QED) is 0.186. The molecule has 0 aliphatic heterocycles. The van der Waals surface area contributed by atoms with Crippen LogP contribution in [0.15, 0.2) is 65.4 Å². The molecular weight excluding hydrogens is 685 g/mol. The van der Waals surface area contributed by atoms with Gasteiger partial charge in [-0.3, -0.25) is 18.8 Å². The van der Waals surface area contributed by atoms with Crippen molar-refractivity contribution in [2.45, 2.75) is 13.5 Å². The number of amides is 3. The first-order chi connectivity index (χ1) is 21.5. The second-order valence-corrected chi connectivity index (χ2v) is 11.6. The molecule has 0 radical (unpaired) electrons. The number of carbonyl (C=O) groups excluding carboxylic acids is 3. The summed E-state index contributed by atoms with van der Waals surface area (Å²) >= 11 is 16.7. The SMILES string of the molecule is COCCN(C)C(=O)c1ccc(C=CC(=O)NCC(=O)N(C)c2ccc(Cl)c(COc3cccn4c(Br)c(C)nc34)c2Cl)cc1. The third-order valence-electron chi connectivity index (χ3n) is 6.96. The lowest BCUT2D eigenvalue weighted by atomic mass is 10.1. The van der Waals surface area contributed by atoms with Gasteiger partial charge in [0, 0.05) is 56.2 Å². The van der Waals surface area contributed by atoms with Crippen molar-refractivity contribution < 1.29 is 23.9 Å². The van der Waals surface area contributed by atoms with Crippen LogP contribution in [-0.4, -0.2) is 72.9 Å². The van der Waals surface area contributed by atoms with Gasteiger partial charge >= 0.3 is 0 Å². The second kappa shape index (κ2) is 15.4. The van der Waals surface area contributed by atoms with Crippen LogP contribution in [0, 0.1) is 6.92 Å². The maximum atomic E-state index is 13.0. The van der Waals surface area contributed by atoms with Gasteiger partial charge in [-0.15, -0.1) is 0 Å². The van der Waals surface area contributed by atoms with Gasteiger partial charge in [0.25, 0.3) is 5.91 Å². The Morgan fingerprint density at radius 3 is 2.53 bits per heavy atom. The Labute approximate surface area is 279 Å². The zero-order chi connectivity index (χ0) is 32.7. The molecule has 1 N–H and O–H groups in total. The fraction of sp³-hybridized carbons (Fsp3) is 0.250. The van der Waals surface area contributed by atoms with Crippen molar-refractivity contribution >= 4 is 74.3 Å². The number of methoxy groups -OCH3 is 1. The molecule has 0 bridgehead atoms. The van der Waals surface area contributed by atoms with E-state index in [2.05, 4.69) is 26.2 Å². The number of hydrogen-bond donors (Lipinski definition) is 1. The first-order valence-corrected chi connectivity index (χ1v) is 15.4. The van der Waals surface area contributed by atoms with E-state index in [1.165, 1.54) is 11.0 Å². The molecule has 0 fully saturated rings. The molecular formula is C32H32BrCl2N5O5. The Hall–Kier alpha value is -3.90. The summed E-state index contributed by atoms with van der Waals surface area (Å²) in [5.41, 5.74) is 3.61. The van der Waals surface area contributed by atoms with Crippen LogP contribution < -0.4 is 15.0 Å². The molecule has 0 saturated carbocycles. The Balaban J connectivity index is 1.34. The van der Waals surface area contributed by atoms with Crippen molar-refractivity contribution in [1.82, 2.24) is 19.6 Å². The fourth-order valence-corrected chi connectivity index (χ4v) is 5.28. The predicted octanol–water partition coefficient (Wildman–Crippen LogP) is 5.80. The van der Waals surface area contributed by atoms with Gasteiger partial charge in [-0.25, -0.2) is 4.98 Å². The fourth-order valence-electron chi connectivity index (χ4n) is 4.30. The van der Waals surface area contributed by atoms with E-state index >= 15 is 0 Å². The highest BCUT2D eigenvalue weighted by atomic mass is 79.9. The van der Waals surface area contributed by atoms with Gasteiger partial charge < -0.3 is 24.6 Å². The number of ether oxygens (including phenoxy) is 2. The number of pyridine rings is 1. The highest BCUT2D eigenvalue weighted by Crippen LogP contribution is 2.35. The Morgan fingerprint density at radius 1 is 1.09 bits per heavy atom. The van der Waals surface area contributed by atoms with E-state index in [4.69, 9.17) is 32.7 Å². The standard InChI is InChI=1S/C32H32BrCl2N5O5/c1-20-30(33)40-15-5-6-26(31(40)37-20)45-19-23-24(34)12-13-25(29(23)35)39(3)28(42)18-36-27(41)14-9-21-7-10-22(11-8-21)32(43)38(2)16-17-44-4/h5-15H,16-19H2,1-4H3,(H,36,41). The lowest BCUT2D eigenvalue weighted by Gasteiger charge is -2.21. The van der Waals surface area contributed by atoms with E-state index in [9.17, 15) is 14.4 Å². The minimum absolute atomic E-state index is 0.0396. The summed E-state index contributed by atoms with van der Waals surface area (Å²) in [6.45, 7) is 2.59. The molecule has 0 aliphatic carbocycles. The smallest absolute Gasteiger partial charge is 0.253 e. The van der Waals surface area contributed by atoms with Crippen molar-refractivity contribution in [3.05, 3.63) is 97.8 Å². The summed E-state index contributed by atoms with van der Waals surface area (Å²) in [5.74, 6) is -0.434. The number of carbonyl (C=O) groups is 3. The highest BCUT2D eigenvalue weighted by molar-refractivity contribution is 9.10. The molecule has 0 atom stereocenters. The maximum Gasteiger partial charge on any atom is 0.253 e. The number of likely N-dealkylation sites (N-methyl/N-ethyl adjacent to an activating group) is 2. The molecule has 0 saturated heterocycles. The summed E-state index contributed by atoms with van der Waals surface area (Å²) < 4.78 is 13.8. The number of benzene rings is 2. The normalized spacial score (nSPS) is 11.2. The molecule has 4 rings (SSSR count). The zero-order valence-corrected chi connectivity index (χ0v) is 28.2. The van der Waals surface area contributed by atoms with Crippen molar-refractivity contribution in [3.8, 4) is 5.75 Å². The zero-order valence-electron chi connectivity index (χ0n) is 25.1. The monoisotopic (exact) mass is 715 g/mol. The molecule has 13 heteroatoms. The van der Waals surface area contributed by atoms with E-state index < -0.39 is 11.8 Å². The van der Waals surface area contributed by atoms with Gasteiger partial charge in [0.1, 0.15) is 11.2 Å². The van der Waals surface area contributed by atoms with Crippen LogP contribution in [0.2, 0.25) is 10.0 Å². The molecule has 10 nitrogen and oxygen atoms in total. The van der Waals surface area contributed by atoms with Gasteiger partial charge in [0.15, 0.2) is 11.4 Å². The average molecular weight is 717 g/mol. The molecule has 3 amide bonds. The Bertz CT molecular complexity index is 1740. The molecule has 0 unspecified atom stereocenters. The van der Waals surface area contributed by atoms with Gasteiger partial charge in [-0.05, 0) is 70.9 Å². The third kappa shape index (κ3) is 8.23. The van der Waals surface area contributed by atoms with E-state index in [1.54, 1.807) is 74.6 Å². The summed E-state index contributed by atoms with van der Waals surface area (Å²) in [4.78, 5) is 45.3. The summed E-state index contributed by atoms with van der Waals surface area (Å²) in [5, 5.41) is 3.22. The van der Waals surface area contributed by atoms with Gasteiger partial charge in [0.2, 0.25) is 11.8 Å². The van der Waals surface area contributed by atoms with Gasteiger partial charge in [-0.2, -0.15) is 0 Å². The number of aryl methyl sites for hydroxylation is 1. The van der Waals surface area contributed by atoms with E-state index in [1.807, 2.05) is 23.6 Å². The molecule has 0 spiro atoms. The molecule has 236 valence electrons. The average Bonchev–Trinajstić information content (AvgIpc) is 3.34. The number of fused-ring (bicyclic) bond motifs is 1. The Kier molecular flexibility index (Phi) is 11.6. The first-order valence-electron chi connectivity index (χ1n) is 13.8. The minimum Gasteiger partial charge on any atom is -0.485 e. The van der Waals surface area contributed by atoms with Crippen LogP contribution in [0.5, 0.6) is 5.75 Å². The van der Waals surface area contributed by atoms with E-state index in [-0.39, 0.29) is 24.1 Å². The van der Waals surface area contributed by atoms with Crippen LogP contribution in [0.1, 0.15) is 27.2 Å². The summed E-state index contributed by atoms with van der Waals surface area (Å²) in [6, 6.07) is 13.8. The lowest BCUT2D eigenvalue weighted by Crippen LogP contribution is -2.37. The number of anilines is 1. The number of halogens is 3. The lowest BCUT2D eigenvalue weighted by molar-refractivity contribution is -0.122. The van der Waals surface area contributed by atoms with Crippen LogP contribution in [0.3, 0.4) is 0 Å². The van der Waals surface area contributed by atoms with Crippen LogP contribution in [0.4, 0.5) is 5.69 Å². The number of nitrogens with zero attached hydrogens (tertiary/aromatic N) is 4. The highest BCUT2D eigenvalue weighted by Gasteiger charge is 2.20. The number of nitrogens with one attached hydrogen (secondary N) is 1. The van der Waals surface area contributed by atoms with Crippen LogP contribution in [-0.2, 0) is 20.9 Å². The van der Waals surface area contributed by atoms with Crippen LogP contribution in [0.25, 0.3) is 11.7 Å². The van der Waals surface area contributed by atoms with Crippen molar-refractivity contribution in [2.75, 3.05) is 45.8 Å². The third-order valence-corrected chi connectivity index (χ3v) is 8.70. The van der Waals surface area contributed by atoms with Gasteiger partial charge in [0.05, 0.1) is 29.6 Å². The van der Waals surface area contributed by atoms with E-state index in [0.717, 1.165) is 15.9 Å². The Morgan fingerprint density at radius 2 is 1.82 bits per heavy atom. The summed E-state index contributed by atoms with van der Waals surface area (Å²) in [6.07, 6.45) is 4.78.